The molecule has 1 atom stereocenters. The minimum Gasteiger partial charge on any atom is -0.480 e. The van der Waals surface area contributed by atoms with Gasteiger partial charge < -0.3 is 10.4 Å². The van der Waals surface area contributed by atoms with Crippen molar-refractivity contribution >= 4 is 23.5 Å². The van der Waals surface area contributed by atoms with Crippen LogP contribution in [0.2, 0.25) is 5.02 Å². The summed E-state index contributed by atoms with van der Waals surface area (Å²) < 4.78 is 1.51. The summed E-state index contributed by atoms with van der Waals surface area (Å²) in [5.41, 5.74) is 0.113. The Balaban J connectivity index is 2.33. The van der Waals surface area contributed by atoms with Crippen molar-refractivity contribution in [3.8, 4) is 5.69 Å². The van der Waals surface area contributed by atoms with Gasteiger partial charge in [-0.25, -0.2) is 9.48 Å². The van der Waals surface area contributed by atoms with Gasteiger partial charge in [0.2, 0.25) is 0 Å². The number of carbonyl (C=O) groups is 2. The molecule has 122 valence electrons. The van der Waals surface area contributed by atoms with Crippen LogP contribution < -0.4 is 5.32 Å². The summed E-state index contributed by atoms with van der Waals surface area (Å²) in [6.07, 6.45) is 1.94. The second kappa shape index (κ2) is 6.42. The molecule has 0 aliphatic rings. The molecule has 0 spiro atoms. The molecular weight excluding hydrogens is 318 g/mol. The number of aromatic nitrogens is 2. The molecule has 7 heteroatoms. The van der Waals surface area contributed by atoms with Gasteiger partial charge in [-0.15, -0.1) is 0 Å². The van der Waals surface area contributed by atoms with Gasteiger partial charge in [0.25, 0.3) is 5.91 Å². The van der Waals surface area contributed by atoms with Crippen LogP contribution in [0, 0.1) is 6.92 Å². The maximum atomic E-state index is 12.4. The molecule has 1 aromatic heterocycles. The topological polar surface area (TPSA) is 84.2 Å². The second-order valence-corrected chi connectivity index (χ2v) is 5.91. The van der Waals surface area contributed by atoms with Crippen molar-refractivity contribution in [1.29, 1.82) is 0 Å². The largest absolute Gasteiger partial charge is 0.480 e. The highest BCUT2D eigenvalue weighted by atomic mass is 35.5. The van der Waals surface area contributed by atoms with E-state index in [4.69, 9.17) is 11.6 Å². The molecule has 0 bridgehead atoms. The molecule has 0 saturated carbocycles. The van der Waals surface area contributed by atoms with Crippen LogP contribution in [0.25, 0.3) is 5.69 Å². The number of aryl methyl sites for hydroxylation is 1. The van der Waals surface area contributed by atoms with Crippen molar-refractivity contribution in [1.82, 2.24) is 15.1 Å². The number of amides is 1. The smallest absolute Gasteiger partial charge is 0.329 e. The molecule has 23 heavy (non-hydrogen) atoms. The number of para-hydroxylation sites is 1. The molecule has 2 N–H and O–H groups in total. The first-order chi connectivity index (χ1) is 10.8. The van der Waals surface area contributed by atoms with E-state index in [1.165, 1.54) is 11.6 Å². The fourth-order valence-corrected chi connectivity index (χ4v) is 2.27. The zero-order chi connectivity index (χ0) is 17.2. The second-order valence-electron chi connectivity index (χ2n) is 5.50. The van der Waals surface area contributed by atoms with Crippen LogP contribution >= 0.6 is 11.6 Å². The van der Waals surface area contributed by atoms with E-state index < -0.39 is 17.4 Å². The molecule has 2 rings (SSSR count). The van der Waals surface area contributed by atoms with Crippen LogP contribution in [0.15, 0.2) is 30.5 Å². The van der Waals surface area contributed by atoms with Crippen LogP contribution in [0.1, 0.15) is 36.3 Å². The predicted octanol–water partition coefficient (Wildman–Crippen LogP) is 2.82. The summed E-state index contributed by atoms with van der Waals surface area (Å²) in [5, 5.41) is 16.5. The van der Waals surface area contributed by atoms with E-state index in [0.29, 0.717) is 16.3 Å². The third kappa shape index (κ3) is 3.37. The number of halogens is 1. The third-order valence-corrected chi connectivity index (χ3v) is 4.10. The van der Waals surface area contributed by atoms with Crippen molar-refractivity contribution in [2.75, 3.05) is 0 Å². The Morgan fingerprint density at radius 1 is 1.39 bits per heavy atom. The average molecular weight is 336 g/mol. The highest BCUT2D eigenvalue weighted by Crippen LogP contribution is 2.21. The number of hydrogen-bond donors (Lipinski definition) is 2. The molecule has 6 nitrogen and oxygen atoms in total. The number of nitrogens with one attached hydrogen (secondary N) is 1. The molecule has 0 aliphatic carbocycles. The summed E-state index contributed by atoms with van der Waals surface area (Å²) in [5.74, 6) is -1.61. The van der Waals surface area contributed by atoms with Crippen LogP contribution in [0.5, 0.6) is 0 Å². The van der Waals surface area contributed by atoms with Gasteiger partial charge in [-0.2, -0.15) is 5.10 Å². The van der Waals surface area contributed by atoms with Crippen LogP contribution in [-0.4, -0.2) is 32.3 Å². The number of benzene rings is 1. The van der Waals surface area contributed by atoms with Crippen molar-refractivity contribution in [3.63, 3.8) is 0 Å². The van der Waals surface area contributed by atoms with E-state index in [0.717, 1.165) is 0 Å². The lowest BCUT2D eigenvalue weighted by Gasteiger charge is -2.24. The van der Waals surface area contributed by atoms with Gasteiger partial charge in [0.15, 0.2) is 5.69 Å². The Labute approximate surface area is 139 Å². The molecule has 0 saturated heterocycles. The van der Waals surface area contributed by atoms with Crippen LogP contribution in [0.3, 0.4) is 0 Å². The van der Waals surface area contributed by atoms with Crippen LogP contribution in [0.4, 0.5) is 0 Å². The lowest BCUT2D eigenvalue weighted by molar-refractivity contribution is -0.143. The van der Waals surface area contributed by atoms with E-state index in [9.17, 15) is 14.7 Å². The normalized spacial score (nSPS) is 13.4. The van der Waals surface area contributed by atoms with Gasteiger partial charge in [-0.05, 0) is 32.4 Å². The first-order valence-electron chi connectivity index (χ1n) is 7.15. The lowest BCUT2D eigenvalue weighted by atomic mass is 9.99. The number of nitrogens with zero attached hydrogens (tertiary/aromatic N) is 2. The Morgan fingerprint density at radius 3 is 2.61 bits per heavy atom. The first kappa shape index (κ1) is 17.0. The van der Waals surface area contributed by atoms with E-state index in [-0.39, 0.29) is 12.1 Å². The zero-order valence-electron chi connectivity index (χ0n) is 13.1. The monoisotopic (exact) mass is 335 g/mol. The summed E-state index contributed by atoms with van der Waals surface area (Å²) in [4.78, 5) is 23.7. The molecule has 0 aliphatic heterocycles. The van der Waals surface area contributed by atoms with Gasteiger partial charge >= 0.3 is 5.97 Å². The maximum Gasteiger partial charge on any atom is 0.329 e. The highest BCUT2D eigenvalue weighted by Gasteiger charge is 2.34. The summed E-state index contributed by atoms with van der Waals surface area (Å²) >= 11 is 6.13. The minimum atomic E-state index is -1.34. The number of rotatable bonds is 5. The Kier molecular flexibility index (Phi) is 4.75. The SMILES string of the molecule is CCC(C)(NC(=O)c1nn(-c2ccccc2Cl)cc1C)C(=O)O. The van der Waals surface area contributed by atoms with Gasteiger partial charge in [-0.1, -0.05) is 30.7 Å². The summed E-state index contributed by atoms with van der Waals surface area (Å²) in [6.45, 7) is 4.90. The van der Waals surface area contributed by atoms with Gasteiger partial charge in [0, 0.05) is 11.8 Å². The quantitative estimate of drug-likeness (QED) is 0.880. The van der Waals surface area contributed by atoms with E-state index in [1.807, 2.05) is 6.07 Å². The fourth-order valence-electron chi connectivity index (χ4n) is 2.05. The Morgan fingerprint density at radius 2 is 2.04 bits per heavy atom. The molecule has 1 amide bonds. The van der Waals surface area contributed by atoms with Gasteiger partial charge in [0.1, 0.15) is 5.54 Å². The Hall–Kier alpha value is -2.34. The molecule has 1 unspecified atom stereocenters. The zero-order valence-corrected chi connectivity index (χ0v) is 13.9. The highest BCUT2D eigenvalue weighted by molar-refractivity contribution is 6.32. The number of carboxylic acids is 1. The Bertz CT molecular complexity index is 757. The molecule has 1 aromatic carbocycles. The van der Waals surface area contributed by atoms with E-state index in [1.54, 1.807) is 38.2 Å². The van der Waals surface area contributed by atoms with E-state index in [2.05, 4.69) is 10.4 Å². The van der Waals surface area contributed by atoms with Crippen LogP contribution in [-0.2, 0) is 4.79 Å². The molecule has 0 fully saturated rings. The standard InChI is InChI=1S/C16H18ClN3O3/c1-4-16(3,15(22)23)18-14(21)13-10(2)9-20(19-13)12-8-6-5-7-11(12)17/h5-9H,4H2,1-3H3,(H,18,21)(H,22,23). The van der Waals surface area contributed by atoms with Gasteiger partial charge in [-0.3, -0.25) is 4.79 Å². The fraction of sp³-hybridized carbons (Fsp3) is 0.312. The third-order valence-electron chi connectivity index (χ3n) is 3.78. The average Bonchev–Trinajstić information content (AvgIpc) is 2.89. The van der Waals surface area contributed by atoms with Gasteiger partial charge in [0.05, 0.1) is 10.7 Å². The molecule has 1 heterocycles. The van der Waals surface area contributed by atoms with Crippen molar-refractivity contribution in [3.05, 3.63) is 46.7 Å². The molecule has 0 radical (unpaired) electrons. The minimum absolute atomic E-state index is 0.172. The lowest BCUT2D eigenvalue weighted by Crippen LogP contribution is -2.51. The van der Waals surface area contributed by atoms with Crippen molar-refractivity contribution in [2.45, 2.75) is 32.7 Å². The number of carbonyl (C=O) groups excluding carboxylic acids is 1. The molecular formula is C16H18ClN3O3. The molecule has 2 aromatic rings. The number of aliphatic carboxylic acids is 1. The number of hydrogen-bond acceptors (Lipinski definition) is 3. The maximum absolute atomic E-state index is 12.4. The number of carboxylic acid groups (broad SMARTS) is 1. The summed E-state index contributed by atoms with van der Waals surface area (Å²) in [7, 11) is 0. The van der Waals surface area contributed by atoms with E-state index >= 15 is 0 Å². The van der Waals surface area contributed by atoms with Crippen molar-refractivity contribution in [2.24, 2.45) is 0 Å². The van der Waals surface area contributed by atoms with Crippen molar-refractivity contribution < 1.29 is 14.7 Å². The first-order valence-corrected chi connectivity index (χ1v) is 7.53. The predicted molar refractivity (Wildman–Crippen MR) is 87.1 cm³/mol. The summed E-state index contributed by atoms with van der Waals surface area (Å²) in [6, 6.07) is 7.13.